The highest BCUT2D eigenvalue weighted by Gasteiger charge is 2.30. The highest BCUT2D eigenvalue weighted by molar-refractivity contribution is 4.86. The fourth-order valence-corrected chi connectivity index (χ4v) is 2.32. The number of nitrogens with zero attached hydrogens (tertiary/aromatic N) is 1. The van der Waals surface area contributed by atoms with Gasteiger partial charge in [0.15, 0.2) is 0 Å². The molecule has 0 atom stereocenters. The minimum Gasteiger partial charge on any atom is -0.328 e. The summed E-state index contributed by atoms with van der Waals surface area (Å²) in [4.78, 5) is 2.54. The summed E-state index contributed by atoms with van der Waals surface area (Å²) in [6.07, 6.45) is 6.82. The molecule has 0 amide bonds. The van der Waals surface area contributed by atoms with Gasteiger partial charge < -0.3 is 10.6 Å². The van der Waals surface area contributed by atoms with Crippen molar-refractivity contribution in [1.29, 1.82) is 0 Å². The van der Waals surface area contributed by atoms with E-state index in [1.165, 1.54) is 38.6 Å². The van der Waals surface area contributed by atoms with Crippen molar-refractivity contribution in [3.8, 4) is 0 Å². The molecule has 0 aromatic carbocycles. The SMILES string of the molecule is CN(CC1CC(N)C1)C1CCC1. The number of nitrogens with two attached hydrogens (primary N) is 1. The summed E-state index contributed by atoms with van der Waals surface area (Å²) in [5.41, 5.74) is 5.75. The predicted molar refractivity (Wildman–Crippen MR) is 51.0 cm³/mol. The van der Waals surface area contributed by atoms with Crippen LogP contribution in [0, 0.1) is 5.92 Å². The molecule has 0 radical (unpaired) electrons. The van der Waals surface area contributed by atoms with Crippen LogP contribution in [0.3, 0.4) is 0 Å². The molecule has 0 unspecified atom stereocenters. The minimum absolute atomic E-state index is 0.518. The summed E-state index contributed by atoms with van der Waals surface area (Å²) in [6, 6.07) is 1.42. The van der Waals surface area contributed by atoms with Crippen molar-refractivity contribution in [3.63, 3.8) is 0 Å². The molecule has 2 heteroatoms. The van der Waals surface area contributed by atoms with E-state index in [0.717, 1.165) is 12.0 Å². The Morgan fingerprint density at radius 3 is 2.42 bits per heavy atom. The van der Waals surface area contributed by atoms with Gasteiger partial charge in [-0.05, 0) is 38.6 Å². The molecule has 0 spiro atoms. The molecule has 2 aliphatic carbocycles. The summed E-state index contributed by atoms with van der Waals surface area (Å²) in [6.45, 7) is 1.29. The van der Waals surface area contributed by atoms with E-state index in [9.17, 15) is 0 Å². The fraction of sp³-hybridized carbons (Fsp3) is 1.00. The Kier molecular flexibility index (Phi) is 2.37. The molecule has 2 aliphatic rings. The molecule has 70 valence electrons. The van der Waals surface area contributed by atoms with E-state index in [1.54, 1.807) is 0 Å². The molecular weight excluding hydrogens is 148 g/mol. The van der Waals surface area contributed by atoms with Crippen LogP contribution < -0.4 is 5.73 Å². The van der Waals surface area contributed by atoms with Crippen molar-refractivity contribution < 1.29 is 0 Å². The van der Waals surface area contributed by atoms with Gasteiger partial charge in [-0.3, -0.25) is 0 Å². The average molecular weight is 168 g/mol. The van der Waals surface area contributed by atoms with Crippen molar-refractivity contribution in [2.24, 2.45) is 11.7 Å². The molecule has 0 heterocycles. The van der Waals surface area contributed by atoms with Crippen LogP contribution in [-0.2, 0) is 0 Å². The van der Waals surface area contributed by atoms with Gasteiger partial charge in [0.05, 0.1) is 0 Å². The van der Waals surface area contributed by atoms with Crippen molar-refractivity contribution in [1.82, 2.24) is 4.90 Å². The van der Waals surface area contributed by atoms with Crippen LogP contribution >= 0.6 is 0 Å². The van der Waals surface area contributed by atoms with Gasteiger partial charge in [0, 0.05) is 18.6 Å². The van der Waals surface area contributed by atoms with Gasteiger partial charge in [0.2, 0.25) is 0 Å². The van der Waals surface area contributed by atoms with E-state index in [0.29, 0.717) is 6.04 Å². The van der Waals surface area contributed by atoms with Crippen molar-refractivity contribution >= 4 is 0 Å². The van der Waals surface area contributed by atoms with Crippen LogP contribution in [0.1, 0.15) is 32.1 Å². The monoisotopic (exact) mass is 168 g/mol. The first-order chi connectivity index (χ1) is 5.75. The van der Waals surface area contributed by atoms with Gasteiger partial charge in [-0.15, -0.1) is 0 Å². The van der Waals surface area contributed by atoms with E-state index < -0.39 is 0 Å². The Balaban J connectivity index is 1.65. The summed E-state index contributed by atoms with van der Waals surface area (Å²) < 4.78 is 0. The third kappa shape index (κ3) is 1.64. The lowest BCUT2D eigenvalue weighted by atomic mass is 9.80. The maximum absolute atomic E-state index is 5.75. The number of rotatable bonds is 3. The zero-order valence-corrected chi connectivity index (χ0v) is 8.00. The summed E-state index contributed by atoms with van der Waals surface area (Å²) >= 11 is 0. The third-order valence-electron chi connectivity index (χ3n) is 3.52. The second-order valence-electron chi connectivity index (χ2n) is 4.62. The summed E-state index contributed by atoms with van der Waals surface area (Å²) in [5, 5.41) is 0. The van der Waals surface area contributed by atoms with Crippen LogP contribution in [-0.4, -0.2) is 30.6 Å². The normalized spacial score (nSPS) is 36.2. The molecule has 0 aromatic rings. The second-order valence-corrected chi connectivity index (χ2v) is 4.62. The quantitative estimate of drug-likeness (QED) is 0.686. The zero-order chi connectivity index (χ0) is 8.55. The Hall–Kier alpha value is -0.0800. The summed E-state index contributed by atoms with van der Waals surface area (Å²) in [5.74, 6) is 0.908. The topological polar surface area (TPSA) is 29.3 Å². The Morgan fingerprint density at radius 1 is 1.33 bits per heavy atom. The van der Waals surface area contributed by atoms with Crippen LogP contribution in [0.4, 0.5) is 0 Å². The first-order valence-electron chi connectivity index (χ1n) is 5.21. The Morgan fingerprint density at radius 2 is 2.00 bits per heavy atom. The third-order valence-corrected chi connectivity index (χ3v) is 3.52. The molecular formula is C10H20N2. The molecule has 2 fully saturated rings. The lowest BCUT2D eigenvalue weighted by molar-refractivity contribution is 0.105. The van der Waals surface area contributed by atoms with E-state index >= 15 is 0 Å². The van der Waals surface area contributed by atoms with E-state index in [2.05, 4.69) is 11.9 Å². The highest BCUT2D eigenvalue weighted by atomic mass is 15.1. The van der Waals surface area contributed by atoms with Gasteiger partial charge in [0.1, 0.15) is 0 Å². The van der Waals surface area contributed by atoms with Gasteiger partial charge in [-0.2, -0.15) is 0 Å². The van der Waals surface area contributed by atoms with Gasteiger partial charge in [-0.25, -0.2) is 0 Å². The first-order valence-corrected chi connectivity index (χ1v) is 5.21. The van der Waals surface area contributed by atoms with E-state index in [-0.39, 0.29) is 0 Å². The molecule has 2 rings (SSSR count). The molecule has 2 nitrogen and oxygen atoms in total. The van der Waals surface area contributed by atoms with Gasteiger partial charge in [-0.1, -0.05) is 6.42 Å². The standard InChI is InChI=1S/C10H20N2/c1-12(10-3-2-4-10)7-8-5-9(11)6-8/h8-10H,2-7,11H2,1H3. The molecule has 2 saturated carbocycles. The maximum Gasteiger partial charge on any atom is 0.00923 e. The maximum atomic E-state index is 5.75. The number of hydrogen-bond donors (Lipinski definition) is 1. The molecule has 0 aliphatic heterocycles. The minimum atomic E-state index is 0.518. The average Bonchev–Trinajstić information content (AvgIpc) is 1.79. The Bertz CT molecular complexity index is 148. The fourth-order valence-electron chi connectivity index (χ4n) is 2.32. The molecule has 0 bridgehead atoms. The lowest BCUT2D eigenvalue weighted by Crippen LogP contribution is -2.46. The van der Waals surface area contributed by atoms with Gasteiger partial charge >= 0.3 is 0 Å². The van der Waals surface area contributed by atoms with Crippen molar-refractivity contribution in [2.45, 2.75) is 44.2 Å². The molecule has 0 aromatic heterocycles. The van der Waals surface area contributed by atoms with Crippen molar-refractivity contribution in [3.05, 3.63) is 0 Å². The van der Waals surface area contributed by atoms with E-state index in [4.69, 9.17) is 5.73 Å². The molecule has 2 N–H and O–H groups in total. The first kappa shape index (κ1) is 8.52. The predicted octanol–water partition coefficient (Wildman–Crippen LogP) is 1.21. The molecule has 12 heavy (non-hydrogen) atoms. The summed E-state index contributed by atoms with van der Waals surface area (Å²) in [7, 11) is 2.27. The largest absolute Gasteiger partial charge is 0.328 e. The van der Waals surface area contributed by atoms with Crippen LogP contribution in [0.25, 0.3) is 0 Å². The Labute approximate surface area is 75.1 Å². The van der Waals surface area contributed by atoms with Crippen LogP contribution in [0.5, 0.6) is 0 Å². The van der Waals surface area contributed by atoms with Gasteiger partial charge in [0.25, 0.3) is 0 Å². The number of hydrogen-bond acceptors (Lipinski definition) is 2. The van der Waals surface area contributed by atoms with Crippen LogP contribution in [0.15, 0.2) is 0 Å². The lowest BCUT2D eigenvalue weighted by Gasteiger charge is -2.41. The van der Waals surface area contributed by atoms with Crippen LogP contribution in [0.2, 0.25) is 0 Å². The van der Waals surface area contributed by atoms with E-state index in [1.807, 2.05) is 0 Å². The second kappa shape index (κ2) is 3.35. The highest BCUT2D eigenvalue weighted by Crippen LogP contribution is 2.30. The van der Waals surface area contributed by atoms with Crippen molar-refractivity contribution in [2.75, 3.05) is 13.6 Å². The smallest absolute Gasteiger partial charge is 0.00923 e. The molecule has 0 saturated heterocycles. The zero-order valence-electron chi connectivity index (χ0n) is 8.00.